The molecule has 0 aromatic heterocycles. The number of hydrogen-bond donors (Lipinski definition) is 0. The quantitative estimate of drug-likeness (QED) is 0.777. The number of ketones is 1. The number of likely N-dealkylation sites (N-methyl/N-ethyl adjacent to an activating group) is 1. The summed E-state index contributed by atoms with van der Waals surface area (Å²) in [6, 6.07) is 5.42. The van der Waals surface area contributed by atoms with E-state index in [0.717, 1.165) is 38.3 Å². The molecular formula is C15H20N2O3. The summed E-state index contributed by atoms with van der Waals surface area (Å²) in [5.41, 5.74) is 0.701. The number of carbonyl (C=O) groups excluding carboxylic acids is 1. The average molecular weight is 276 g/mol. The van der Waals surface area contributed by atoms with E-state index in [1.807, 2.05) is 12.1 Å². The zero-order chi connectivity index (χ0) is 13.9. The number of nitrogens with zero attached hydrogens (tertiary/aromatic N) is 2. The molecule has 2 aliphatic heterocycles. The lowest BCUT2D eigenvalue weighted by Crippen LogP contribution is -2.33. The first-order valence-electron chi connectivity index (χ1n) is 7.06. The predicted molar refractivity (Wildman–Crippen MR) is 75.4 cm³/mol. The number of benzene rings is 1. The third-order valence-electron chi connectivity index (χ3n) is 3.87. The van der Waals surface area contributed by atoms with E-state index < -0.39 is 0 Å². The van der Waals surface area contributed by atoms with Crippen LogP contribution in [0.25, 0.3) is 0 Å². The molecule has 1 aromatic rings. The molecule has 0 spiro atoms. The van der Waals surface area contributed by atoms with Crippen LogP contribution in [0.1, 0.15) is 16.8 Å². The van der Waals surface area contributed by atoms with Gasteiger partial charge in [0.1, 0.15) is 0 Å². The Kier molecular flexibility index (Phi) is 3.89. The second-order valence-electron chi connectivity index (χ2n) is 5.42. The Hall–Kier alpha value is -1.59. The molecule has 1 fully saturated rings. The standard InChI is InChI=1S/C15H20N2O3/c1-16-5-2-6-17(8-7-16)10-13(18)12-3-4-14-15(9-12)20-11-19-14/h3-4,9H,2,5-8,10-11H2,1H3. The van der Waals surface area contributed by atoms with E-state index in [4.69, 9.17) is 9.47 Å². The molecule has 2 aliphatic rings. The lowest BCUT2D eigenvalue weighted by molar-refractivity contribution is 0.0933. The highest BCUT2D eigenvalue weighted by Gasteiger charge is 2.19. The Morgan fingerprint density at radius 1 is 1.15 bits per heavy atom. The SMILES string of the molecule is CN1CCCN(CC(=O)c2ccc3c(c2)OCO3)CC1. The van der Waals surface area contributed by atoms with Crippen LogP contribution < -0.4 is 9.47 Å². The van der Waals surface area contributed by atoms with Gasteiger partial charge < -0.3 is 14.4 Å². The highest BCUT2D eigenvalue weighted by Crippen LogP contribution is 2.32. The van der Waals surface area contributed by atoms with Crippen molar-refractivity contribution in [2.24, 2.45) is 0 Å². The summed E-state index contributed by atoms with van der Waals surface area (Å²) < 4.78 is 10.6. The van der Waals surface area contributed by atoms with Crippen molar-refractivity contribution < 1.29 is 14.3 Å². The van der Waals surface area contributed by atoms with Crippen LogP contribution >= 0.6 is 0 Å². The molecule has 5 heteroatoms. The number of Topliss-reactive ketones (excluding diaryl/α,β-unsaturated/α-hetero) is 1. The van der Waals surface area contributed by atoms with Crippen molar-refractivity contribution in [3.8, 4) is 11.5 Å². The summed E-state index contributed by atoms with van der Waals surface area (Å²) in [5, 5.41) is 0. The minimum Gasteiger partial charge on any atom is -0.454 e. The molecule has 0 atom stereocenters. The summed E-state index contributed by atoms with van der Waals surface area (Å²) in [6.45, 7) is 4.79. The van der Waals surface area contributed by atoms with Crippen molar-refractivity contribution in [1.29, 1.82) is 0 Å². The molecule has 1 aromatic carbocycles. The van der Waals surface area contributed by atoms with E-state index in [9.17, 15) is 4.79 Å². The second kappa shape index (κ2) is 5.81. The molecule has 0 N–H and O–H groups in total. The van der Waals surface area contributed by atoms with Gasteiger partial charge in [-0.2, -0.15) is 0 Å². The fourth-order valence-corrected chi connectivity index (χ4v) is 2.62. The first kappa shape index (κ1) is 13.4. The number of ether oxygens (including phenoxy) is 2. The molecular weight excluding hydrogens is 256 g/mol. The van der Waals surface area contributed by atoms with Crippen LogP contribution in [0.15, 0.2) is 18.2 Å². The van der Waals surface area contributed by atoms with Gasteiger partial charge in [0.15, 0.2) is 17.3 Å². The molecule has 0 amide bonds. The molecule has 0 radical (unpaired) electrons. The van der Waals surface area contributed by atoms with Crippen molar-refractivity contribution in [1.82, 2.24) is 9.80 Å². The molecule has 0 bridgehead atoms. The minimum atomic E-state index is 0.146. The molecule has 0 unspecified atom stereocenters. The van der Waals surface area contributed by atoms with E-state index in [-0.39, 0.29) is 12.6 Å². The van der Waals surface area contributed by atoms with Crippen molar-refractivity contribution in [2.75, 3.05) is 46.6 Å². The normalized spacial score (nSPS) is 19.9. The first-order chi connectivity index (χ1) is 9.72. The maximum atomic E-state index is 12.4. The highest BCUT2D eigenvalue weighted by molar-refractivity contribution is 5.98. The second-order valence-corrected chi connectivity index (χ2v) is 5.42. The molecule has 3 rings (SSSR count). The van der Waals surface area contributed by atoms with Crippen LogP contribution in [-0.2, 0) is 0 Å². The van der Waals surface area contributed by atoms with Crippen molar-refractivity contribution in [3.05, 3.63) is 23.8 Å². The summed E-state index contributed by atoms with van der Waals surface area (Å²) in [6.07, 6.45) is 1.12. The van der Waals surface area contributed by atoms with Gasteiger partial charge >= 0.3 is 0 Å². The Balaban J connectivity index is 1.64. The number of rotatable bonds is 3. The fourth-order valence-electron chi connectivity index (χ4n) is 2.62. The zero-order valence-electron chi connectivity index (χ0n) is 11.8. The van der Waals surface area contributed by atoms with E-state index in [2.05, 4.69) is 16.8 Å². The molecule has 108 valence electrons. The number of hydrogen-bond acceptors (Lipinski definition) is 5. The zero-order valence-corrected chi connectivity index (χ0v) is 11.8. The van der Waals surface area contributed by atoms with Gasteiger partial charge in [0.05, 0.1) is 6.54 Å². The molecule has 0 aliphatic carbocycles. The van der Waals surface area contributed by atoms with Crippen molar-refractivity contribution in [2.45, 2.75) is 6.42 Å². The Bertz CT molecular complexity index is 504. The average Bonchev–Trinajstić information content (AvgIpc) is 2.82. The monoisotopic (exact) mass is 276 g/mol. The van der Waals surface area contributed by atoms with Crippen LogP contribution in [0, 0.1) is 0 Å². The van der Waals surface area contributed by atoms with Crippen LogP contribution in [0.5, 0.6) is 11.5 Å². The summed E-state index contributed by atoms with van der Waals surface area (Å²) in [4.78, 5) is 16.9. The van der Waals surface area contributed by atoms with E-state index >= 15 is 0 Å². The molecule has 0 saturated carbocycles. The van der Waals surface area contributed by atoms with Gasteiger partial charge in [-0.1, -0.05) is 0 Å². The number of carbonyl (C=O) groups is 1. The van der Waals surface area contributed by atoms with Crippen molar-refractivity contribution >= 4 is 5.78 Å². The molecule has 5 nitrogen and oxygen atoms in total. The van der Waals surface area contributed by atoms with E-state index in [0.29, 0.717) is 17.9 Å². The maximum absolute atomic E-state index is 12.4. The smallest absolute Gasteiger partial charge is 0.231 e. The Labute approximate surface area is 119 Å². The first-order valence-corrected chi connectivity index (χ1v) is 7.06. The molecule has 20 heavy (non-hydrogen) atoms. The van der Waals surface area contributed by atoms with Gasteiger partial charge in [-0.05, 0) is 44.8 Å². The summed E-state index contributed by atoms with van der Waals surface area (Å²) in [5.74, 6) is 1.54. The van der Waals surface area contributed by atoms with Crippen LogP contribution in [0.2, 0.25) is 0 Å². The van der Waals surface area contributed by atoms with E-state index in [1.54, 1.807) is 6.07 Å². The van der Waals surface area contributed by atoms with E-state index in [1.165, 1.54) is 0 Å². The Morgan fingerprint density at radius 2 is 2.00 bits per heavy atom. The summed E-state index contributed by atoms with van der Waals surface area (Å²) >= 11 is 0. The van der Waals surface area contributed by atoms with Gasteiger partial charge in [0, 0.05) is 18.7 Å². The fraction of sp³-hybridized carbons (Fsp3) is 0.533. The number of fused-ring (bicyclic) bond motifs is 1. The van der Waals surface area contributed by atoms with Gasteiger partial charge in [-0.25, -0.2) is 0 Å². The summed E-state index contributed by atoms with van der Waals surface area (Å²) in [7, 11) is 2.13. The lowest BCUT2D eigenvalue weighted by Gasteiger charge is -2.19. The maximum Gasteiger partial charge on any atom is 0.231 e. The largest absolute Gasteiger partial charge is 0.454 e. The van der Waals surface area contributed by atoms with Crippen molar-refractivity contribution in [3.63, 3.8) is 0 Å². The highest BCUT2D eigenvalue weighted by atomic mass is 16.7. The van der Waals surface area contributed by atoms with Crippen LogP contribution in [-0.4, -0.2) is 62.1 Å². The van der Waals surface area contributed by atoms with Gasteiger partial charge in [0.2, 0.25) is 6.79 Å². The van der Waals surface area contributed by atoms with Gasteiger partial charge in [-0.15, -0.1) is 0 Å². The third kappa shape index (κ3) is 2.94. The third-order valence-corrected chi connectivity index (χ3v) is 3.87. The topological polar surface area (TPSA) is 42.0 Å². The van der Waals surface area contributed by atoms with Crippen LogP contribution in [0.3, 0.4) is 0 Å². The minimum absolute atomic E-state index is 0.146. The lowest BCUT2D eigenvalue weighted by atomic mass is 10.1. The van der Waals surface area contributed by atoms with Gasteiger partial charge in [-0.3, -0.25) is 9.69 Å². The Morgan fingerprint density at radius 3 is 2.90 bits per heavy atom. The van der Waals surface area contributed by atoms with Crippen LogP contribution in [0.4, 0.5) is 0 Å². The predicted octanol–water partition coefficient (Wildman–Crippen LogP) is 1.24. The molecule has 2 heterocycles. The van der Waals surface area contributed by atoms with Gasteiger partial charge in [0.25, 0.3) is 0 Å². The molecule has 1 saturated heterocycles.